The van der Waals surface area contributed by atoms with Gasteiger partial charge >= 0.3 is 0 Å². The maximum absolute atomic E-state index is 12.9. The van der Waals surface area contributed by atoms with Gasteiger partial charge in [0.05, 0.1) is 12.8 Å². The molecule has 0 saturated heterocycles. The number of nitrogens with zero attached hydrogens (tertiary/aromatic N) is 2. The Morgan fingerprint density at radius 3 is 2.62 bits per heavy atom. The summed E-state index contributed by atoms with van der Waals surface area (Å²) in [4.78, 5) is 12.3. The molecule has 0 aliphatic carbocycles. The zero-order chi connectivity index (χ0) is 17.1. The number of aromatic nitrogens is 2. The fourth-order valence-corrected chi connectivity index (χ4v) is 2.32. The normalized spacial score (nSPS) is 10.5. The number of rotatable bonds is 4. The summed E-state index contributed by atoms with van der Waals surface area (Å²) in [5.41, 5.74) is 2.40. The Morgan fingerprint density at radius 1 is 1.17 bits per heavy atom. The number of anilines is 1. The molecule has 0 unspecified atom stereocenters. The zero-order valence-electron chi connectivity index (χ0n) is 13.3. The second kappa shape index (κ2) is 6.54. The van der Waals surface area contributed by atoms with E-state index in [2.05, 4.69) is 10.4 Å². The van der Waals surface area contributed by atoms with Crippen molar-refractivity contribution in [2.45, 2.75) is 6.92 Å². The monoisotopic (exact) mass is 325 g/mol. The Kier molecular flexibility index (Phi) is 4.29. The highest BCUT2D eigenvalue weighted by Crippen LogP contribution is 2.18. The molecule has 6 heteroatoms. The summed E-state index contributed by atoms with van der Waals surface area (Å²) in [5.74, 6) is -0.00258. The van der Waals surface area contributed by atoms with Crippen LogP contribution in [0.2, 0.25) is 0 Å². The molecule has 0 bridgehead atoms. The van der Waals surface area contributed by atoms with Crippen molar-refractivity contribution in [3.8, 4) is 11.4 Å². The average molecular weight is 325 g/mol. The molecular formula is C18H16FN3O2. The quantitative estimate of drug-likeness (QED) is 0.797. The second-order valence-electron chi connectivity index (χ2n) is 5.25. The summed E-state index contributed by atoms with van der Waals surface area (Å²) in [7, 11) is 1.59. The first-order chi connectivity index (χ1) is 11.6. The van der Waals surface area contributed by atoms with E-state index in [1.807, 2.05) is 31.2 Å². The van der Waals surface area contributed by atoms with Crippen molar-refractivity contribution in [1.82, 2.24) is 9.78 Å². The van der Waals surface area contributed by atoms with Crippen LogP contribution in [0.1, 0.15) is 16.2 Å². The van der Waals surface area contributed by atoms with Crippen LogP contribution in [-0.4, -0.2) is 22.8 Å². The molecule has 3 aromatic rings. The zero-order valence-corrected chi connectivity index (χ0v) is 13.3. The SMILES string of the molecule is COc1cccc(-n2nc(C(=O)Nc3ccc(F)cc3)cc2C)c1. The molecule has 0 fully saturated rings. The van der Waals surface area contributed by atoms with Crippen LogP contribution < -0.4 is 10.1 Å². The molecule has 0 atom stereocenters. The molecule has 5 nitrogen and oxygen atoms in total. The van der Waals surface area contributed by atoms with Crippen molar-refractivity contribution in [1.29, 1.82) is 0 Å². The number of benzene rings is 2. The van der Waals surface area contributed by atoms with Gasteiger partial charge in [0.1, 0.15) is 11.6 Å². The average Bonchev–Trinajstić information content (AvgIpc) is 2.99. The first-order valence-corrected chi connectivity index (χ1v) is 7.35. The number of hydrogen-bond donors (Lipinski definition) is 1. The molecule has 1 heterocycles. The first-order valence-electron chi connectivity index (χ1n) is 7.35. The molecule has 2 aromatic carbocycles. The van der Waals surface area contributed by atoms with E-state index in [1.165, 1.54) is 24.3 Å². The summed E-state index contributed by atoms with van der Waals surface area (Å²) in [6.07, 6.45) is 0. The summed E-state index contributed by atoms with van der Waals surface area (Å²) >= 11 is 0. The van der Waals surface area contributed by atoms with Crippen LogP contribution in [0.4, 0.5) is 10.1 Å². The standard InChI is InChI=1S/C18H16FN3O2/c1-12-10-17(18(23)20-14-8-6-13(19)7-9-14)21-22(12)15-4-3-5-16(11-15)24-2/h3-11H,1-2H3,(H,20,23). The Morgan fingerprint density at radius 2 is 1.92 bits per heavy atom. The smallest absolute Gasteiger partial charge is 0.276 e. The van der Waals surface area contributed by atoms with Crippen LogP contribution >= 0.6 is 0 Å². The number of carbonyl (C=O) groups excluding carboxylic acids is 1. The molecule has 1 amide bonds. The molecule has 0 aliphatic rings. The number of hydrogen-bond acceptors (Lipinski definition) is 3. The van der Waals surface area contributed by atoms with E-state index in [0.717, 1.165) is 11.4 Å². The maximum Gasteiger partial charge on any atom is 0.276 e. The molecule has 0 spiro atoms. The van der Waals surface area contributed by atoms with Crippen LogP contribution in [0, 0.1) is 12.7 Å². The van der Waals surface area contributed by atoms with Gasteiger partial charge < -0.3 is 10.1 Å². The number of ether oxygens (including phenoxy) is 1. The third kappa shape index (κ3) is 3.27. The number of amides is 1. The molecule has 0 saturated carbocycles. The molecule has 0 aliphatic heterocycles. The van der Waals surface area contributed by atoms with E-state index in [-0.39, 0.29) is 17.4 Å². The fraction of sp³-hybridized carbons (Fsp3) is 0.111. The predicted octanol–water partition coefficient (Wildman–Crippen LogP) is 3.58. The molecule has 3 rings (SSSR count). The lowest BCUT2D eigenvalue weighted by molar-refractivity contribution is 0.102. The second-order valence-corrected chi connectivity index (χ2v) is 5.25. The molecule has 122 valence electrons. The van der Waals surface area contributed by atoms with Crippen LogP contribution in [-0.2, 0) is 0 Å². The van der Waals surface area contributed by atoms with Gasteiger partial charge in [-0.3, -0.25) is 4.79 Å². The summed E-state index contributed by atoms with van der Waals surface area (Å²) in [5, 5.41) is 7.04. The lowest BCUT2D eigenvalue weighted by atomic mass is 10.3. The van der Waals surface area contributed by atoms with Gasteiger partial charge in [-0.25, -0.2) is 9.07 Å². The van der Waals surface area contributed by atoms with Gasteiger partial charge in [-0.1, -0.05) is 6.07 Å². The maximum atomic E-state index is 12.9. The number of carbonyl (C=O) groups is 1. The topological polar surface area (TPSA) is 56.2 Å². The number of halogens is 1. The lowest BCUT2D eigenvalue weighted by Gasteiger charge is -2.06. The third-order valence-corrected chi connectivity index (χ3v) is 3.52. The summed E-state index contributed by atoms with van der Waals surface area (Å²) in [6, 6.07) is 14.7. The van der Waals surface area contributed by atoms with Gasteiger partial charge in [0.2, 0.25) is 0 Å². The highest BCUT2D eigenvalue weighted by atomic mass is 19.1. The van der Waals surface area contributed by atoms with E-state index in [1.54, 1.807) is 17.9 Å². The van der Waals surface area contributed by atoms with Gasteiger partial charge in [-0.15, -0.1) is 0 Å². The first kappa shape index (κ1) is 15.7. The summed E-state index contributed by atoms with van der Waals surface area (Å²) in [6.45, 7) is 1.86. The van der Waals surface area contributed by atoms with Crippen molar-refractivity contribution in [2.75, 3.05) is 12.4 Å². The third-order valence-electron chi connectivity index (χ3n) is 3.52. The van der Waals surface area contributed by atoms with Gasteiger partial charge in [0.15, 0.2) is 5.69 Å². The number of nitrogens with one attached hydrogen (secondary N) is 1. The van der Waals surface area contributed by atoms with Crippen LogP contribution in [0.5, 0.6) is 5.75 Å². The van der Waals surface area contributed by atoms with Crippen molar-refractivity contribution >= 4 is 11.6 Å². The van der Waals surface area contributed by atoms with Crippen molar-refractivity contribution in [3.05, 3.63) is 71.8 Å². The van der Waals surface area contributed by atoms with Crippen molar-refractivity contribution in [2.24, 2.45) is 0 Å². The van der Waals surface area contributed by atoms with E-state index < -0.39 is 0 Å². The van der Waals surface area contributed by atoms with Crippen LogP contribution in [0.15, 0.2) is 54.6 Å². The van der Waals surface area contributed by atoms with Crippen LogP contribution in [0.25, 0.3) is 5.69 Å². The van der Waals surface area contributed by atoms with E-state index >= 15 is 0 Å². The minimum absolute atomic E-state index is 0.277. The number of aryl methyl sites for hydroxylation is 1. The van der Waals surface area contributed by atoms with E-state index in [9.17, 15) is 9.18 Å². The largest absolute Gasteiger partial charge is 0.497 e. The highest BCUT2D eigenvalue weighted by Gasteiger charge is 2.14. The van der Waals surface area contributed by atoms with Crippen molar-refractivity contribution < 1.29 is 13.9 Å². The Bertz CT molecular complexity index is 872. The Balaban J connectivity index is 1.85. The summed E-state index contributed by atoms with van der Waals surface area (Å²) < 4.78 is 19.8. The predicted molar refractivity (Wildman–Crippen MR) is 89.2 cm³/mol. The molecule has 0 radical (unpaired) electrons. The lowest BCUT2D eigenvalue weighted by Crippen LogP contribution is -2.13. The molecule has 1 N–H and O–H groups in total. The van der Waals surface area contributed by atoms with Gasteiger partial charge in [0.25, 0.3) is 5.91 Å². The van der Waals surface area contributed by atoms with Crippen molar-refractivity contribution in [3.63, 3.8) is 0 Å². The van der Waals surface area contributed by atoms with Crippen LogP contribution in [0.3, 0.4) is 0 Å². The molecule has 1 aromatic heterocycles. The van der Waals surface area contributed by atoms with E-state index in [0.29, 0.717) is 11.4 Å². The van der Waals surface area contributed by atoms with E-state index in [4.69, 9.17) is 4.74 Å². The molecule has 24 heavy (non-hydrogen) atoms. The molecular weight excluding hydrogens is 309 g/mol. The van der Waals surface area contributed by atoms with Gasteiger partial charge in [-0.2, -0.15) is 5.10 Å². The van der Waals surface area contributed by atoms with Gasteiger partial charge in [-0.05, 0) is 49.4 Å². The van der Waals surface area contributed by atoms with Gasteiger partial charge in [0, 0.05) is 17.4 Å². The Labute approximate surface area is 138 Å². The minimum atomic E-state index is -0.355. The minimum Gasteiger partial charge on any atom is -0.497 e. The Hall–Kier alpha value is -3.15. The number of methoxy groups -OCH3 is 1. The highest BCUT2D eigenvalue weighted by molar-refractivity contribution is 6.02. The fourth-order valence-electron chi connectivity index (χ4n) is 2.32.